The van der Waals surface area contributed by atoms with E-state index in [1.165, 1.54) is 18.6 Å². The molecule has 1 heterocycles. The lowest BCUT2D eigenvalue weighted by atomic mass is 9.92. The molecule has 16 heavy (non-hydrogen) atoms. The van der Waals surface area contributed by atoms with E-state index in [1.807, 2.05) is 12.1 Å². The number of rotatable bonds is 2. The Bertz CT molecular complexity index is 326. The molecule has 1 aliphatic heterocycles. The maximum absolute atomic E-state index is 12.4. The Hall–Kier alpha value is -0.960. The quantitative estimate of drug-likeness (QED) is 0.809. The van der Waals surface area contributed by atoms with Crippen molar-refractivity contribution in [3.63, 3.8) is 0 Å². The summed E-state index contributed by atoms with van der Waals surface area (Å²) >= 11 is 0. The van der Waals surface area contributed by atoms with Crippen molar-refractivity contribution in [1.82, 2.24) is 5.32 Å². The third-order valence-corrected chi connectivity index (χ3v) is 3.25. The van der Waals surface area contributed by atoms with Gasteiger partial charge < -0.3 is 5.32 Å². The van der Waals surface area contributed by atoms with Crippen LogP contribution in [-0.4, -0.2) is 6.54 Å². The van der Waals surface area contributed by atoms with Gasteiger partial charge in [0.1, 0.15) is 0 Å². The molecule has 2 unspecified atom stereocenters. The third kappa shape index (κ3) is 2.59. The van der Waals surface area contributed by atoms with E-state index in [-0.39, 0.29) is 5.56 Å². The highest BCUT2D eigenvalue weighted by Gasteiger charge is 2.19. The first-order valence-electron chi connectivity index (χ1n) is 5.78. The highest BCUT2D eigenvalue weighted by molar-refractivity contribution is 5.26. The zero-order chi connectivity index (χ0) is 11.5. The van der Waals surface area contributed by atoms with Gasteiger partial charge in [0.15, 0.2) is 0 Å². The third-order valence-electron chi connectivity index (χ3n) is 3.25. The zero-order valence-corrected chi connectivity index (χ0v) is 9.42. The smallest absolute Gasteiger partial charge is 0.263 e. The molecule has 1 aliphatic rings. The lowest BCUT2D eigenvalue weighted by Gasteiger charge is -2.28. The van der Waals surface area contributed by atoms with Crippen molar-refractivity contribution in [2.24, 2.45) is 5.92 Å². The topological polar surface area (TPSA) is 12.0 Å². The SMILES string of the molecule is CC1CCC(c2ccc(C(F)F)cc2)NC1. The van der Waals surface area contributed by atoms with Crippen molar-refractivity contribution in [3.8, 4) is 0 Å². The van der Waals surface area contributed by atoms with E-state index in [0.29, 0.717) is 6.04 Å². The lowest BCUT2D eigenvalue weighted by molar-refractivity contribution is 0.151. The number of alkyl halides is 2. The summed E-state index contributed by atoms with van der Waals surface area (Å²) in [5.41, 5.74) is 1.23. The van der Waals surface area contributed by atoms with Crippen LogP contribution in [0.4, 0.5) is 8.78 Å². The number of nitrogens with one attached hydrogen (secondary N) is 1. The number of benzene rings is 1. The fourth-order valence-electron chi connectivity index (χ4n) is 2.16. The largest absolute Gasteiger partial charge is 0.310 e. The second kappa shape index (κ2) is 4.91. The van der Waals surface area contributed by atoms with E-state index in [0.717, 1.165) is 24.4 Å². The number of piperidine rings is 1. The Morgan fingerprint density at radius 1 is 1.19 bits per heavy atom. The molecule has 1 aromatic rings. The molecule has 1 aromatic carbocycles. The molecule has 0 spiro atoms. The van der Waals surface area contributed by atoms with Crippen LogP contribution in [-0.2, 0) is 0 Å². The van der Waals surface area contributed by atoms with Crippen molar-refractivity contribution < 1.29 is 8.78 Å². The van der Waals surface area contributed by atoms with E-state index in [1.54, 1.807) is 0 Å². The van der Waals surface area contributed by atoms with Gasteiger partial charge in [-0.1, -0.05) is 31.2 Å². The summed E-state index contributed by atoms with van der Waals surface area (Å²) in [7, 11) is 0. The van der Waals surface area contributed by atoms with Gasteiger partial charge in [-0.25, -0.2) is 8.78 Å². The number of halogens is 2. The molecule has 0 radical (unpaired) electrons. The second-order valence-corrected chi connectivity index (χ2v) is 4.61. The van der Waals surface area contributed by atoms with Crippen molar-refractivity contribution in [1.29, 1.82) is 0 Å². The van der Waals surface area contributed by atoms with Crippen LogP contribution in [0.1, 0.15) is 43.4 Å². The summed E-state index contributed by atoms with van der Waals surface area (Å²) < 4.78 is 24.8. The molecule has 0 bridgehead atoms. The van der Waals surface area contributed by atoms with Crippen molar-refractivity contribution in [3.05, 3.63) is 35.4 Å². The lowest BCUT2D eigenvalue weighted by Crippen LogP contribution is -2.31. The van der Waals surface area contributed by atoms with Gasteiger partial charge in [0.2, 0.25) is 0 Å². The van der Waals surface area contributed by atoms with Gasteiger partial charge in [-0.3, -0.25) is 0 Å². The normalized spacial score (nSPS) is 26.0. The maximum Gasteiger partial charge on any atom is 0.263 e. The van der Waals surface area contributed by atoms with E-state index in [2.05, 4.69) is 12.2 Å². The van der Waals surface area contributed by atoms with Gasteiger partial charge in [-0.2, -0.15) is 0 Å². The Morgan fingerprint density at radius 3 is 2.38 bits per heavy atom. The first-order chi connectivity index (χ1) is 7.66. The van der Waals surface area contributed by atoms with Crippen LogP contribution < -0.4 is 5.32 Å². The number of hydrogen-bond acceptors (Lipinski definition) is 1. The molecule has 0 aliphatic carbocycles. The molecule has 0 aromatic heterocycles. The van der Waals surface area contributed by atoms with Crippen molar-refractivity contribution in [2.75, 3.05) is 6.54 Å². The molecule has 1 nitrogen and oxygen atoms in total. The fraction of sp³-hybridized carbons (Fsp3) is 0.538. The Labute approximate surface area is 94.9 Å². The Balaban J connectivity index is 2.04. The summed E-state index contributed by atoms with van der Waals surface area (Å²) in [6.07, 6.45) is -0.0721. The molecule has 3 heteroatoms. The highest BCUT2D eigenvalue weighted by Crippen LogP contribution is 2.27. The second-order valence-electron chi connectivity index (χ2n) is 4.61. The van der Waals surface area contributed by atoms with E-state index in [9.17, 15) is 8.78 Å². The monoisotopic (exact) mass is 225 g/mol. The van der Waals surface area contributed by atoms with Gasteiger partial charge >= 0.3 is 0 Å². The molecule has 0 saturated carbocycles. The van der Waals surface area contributed by atoms with Gasteiger partial charge in [-0.05, 0) is 30.9 Å². The molecule has 1 fully saturated rings. The summed E-state index contributed by atoms with van der Waals surface area (Å²) in [6, 6.07) is 7.02. The fourth-order valence-corrected chi connectivity index (χ4v) is 2.16. The van der Waals surface area contributed by atoms with Crippen LogP contribution >= 0.6 is 0 Å². The standard InChI is InChI=1S/C13H17F2N/c1-9-2-7-12(16-8-9)10-3-5-11(6-4-10)13(14)15/h3-6,9,12-13,16H,2,7-8H2,1H3. The molecule has 88 valence electrons. The Morgan fingerprint density at radius 2 is 1.88 bits per heavy atom. The van der Waals surface area contributed by atoms with Crippen LogP contribution in [0.2, 0.25) is 0 Å². The zero-order valence-electron chi connectivity index (χ0n) is 9.42. The van der Waals surface area contributed by atoms with Crippen LogP contribution in [0.5, 0.6) is 0 Å². The number of hydrogen-bond donors (Lipinski definition) is 1. The van der Waals surface area contributed by atoms with E-state index < -0.39 is 6.43 Å². The van der Waals surface area contributed by atoms with Gasteiger partial charge in [-0.15, -0.1) is 0 Å². The molecular formula is C13H17F2N. The summed E-state index contributed by atoms with van der Waals surface area (Å²) in [4.78, 5) is 0. The summed E-state index contributed by atoms with van der Waals surface area (Å²) in [5.74, 6) is 0.719. The summed E-state index contributed by atoms with van der Waals surface area (Å²) in [5, 5.41) is 3.45. The van der Waals surface area contributed by atoms with Crippen LogP contribution in [0, 0.1) is 5.92 Å². The van der Waals surface area contributed by atoms with Gasteiger partial charge in [0, 0.05) is 11.6 Å². The predicted molar refractivity (Wildman–Crippen MR) is 60.5 cm³/mol. The molecular weight excluding hydrogens is 208 g/mol. The highest BCUT2D eigenvalue weighted by atomic mass is 19.3. The van der Waals surface area contributed by atoms with Gasteiger partial charge in [0.05, 0.1) is 0 Å². The van der Waals surface area contributed by atoms with Crippen LogP contribution in [0.15, 0.2) is 24.3 Å². The first kappa shape index (κ1) is 11.5. The van der Waals surface area contributed by atoms with Crippen LogP contribution in [0.25, 0.3) is 0 Å². The van der Waals surface area contributed by atoms with E-state index in [4.69, 9.17) is 0 Å². The molecule has 1 N–H and O–H groups in total. The Kier molecular flexibility index (Phi) is 3.54. The average molecular weight is 225 g/mol. The average Bonchev–Trinajstić information content (AvgIpc) is 2.30. The minimum absolute atomic E-state index is 0.105. The molecule has 1 saturated heterocycles. The maximum atomic E-state index is 12.4. The predicted octanol–water partition coefficient (Wildman–Crippen LogP) is 3.68. The van der Waals surface area contributed by atoms with Crippen molar-refractivity contribution in [2.45, 2.75) is 32.2 Å². The molecule has 0 amide bonds. The first-order valence-corrected chi connectivity index (χ1v) is 5.78. The molecule has 2 atom stereocenters. The summed E-state index contributed by atoms with van der Waals surface area (Å²) in [6.45, 7) is 3.24. The minimum atomic E-state index is -2.37. The minimum Gasteiger partial charge on any atom is -0.310 e. The van der Waals surface area contributed by atoms with Crippen LogP contribution in [0.3, 0.4) is 0 Å². The van der Waals surface area contributed by atoms with Crippen molar-refractivity contribution >= 4 is 0 Å². The van der Waals surface area contributed by atoms with E-state index >= 15 is 0 Å². The molecule has 2 rings (SSSR count). The van der Waals surface area contributed by atoms with Gasteiger partial charge in [0.25, 0.3) is 6.43 Å².